The second-order valence-electron chi connectivity index (χ2n) is 5.12. The van der Waals surface area contributed by atoms with Gasteiger partial charge in [0.05, 0.1) is 19.4 Å². The van der Waals surface area contributed by atoms with Crippen LogP contribution in [0.5, 0.6) is 0 Å². The van der Waals surface area contributed by atoms with Gasteiger partial charge in [-0.05, 0) is 32.8 Å². The Labute approximate surface area is 104 Å². The highest BCUT2D eigenvalue weighted by Crippen LogP contribution is 2.11. The van der Waals surface area contributed by atoms with Crippen molar-refractivity contribution in [3.8, 4) is 0 Å². The molecule has 0 spiro atoms. The van der Waals surface area contributed by atoms with Gasteiger partial charge in [0.25, 0.3) is 0 Å². The van der Waals surface area contributed by atoms with Crippen LogP contribution in [0.25, 0.3) is 0 Å². The van der Waals surface area contributed by atoms with E-state index in [1.165, 1.54) is 0 Å². The van der Waals surface area contributed by atoms with Crippen molar-refractivity contribution in [3.63, 3.8) is 0 Å². The van der Waals surface area contributed by atoms with E-state index >= 15 is 0 Å². The number of carbonyl (C=O) groups excluding carboxylic acids is 1. The van der Waals surface area contributed by atoms with Crippen LogP contribution in [0.3, 0.4) is 0 Å². The molecular formula is C13H25NO3. The van der Waals surface area contributed by atoms with Gasteiger partial charge in [-0.3, -0.25) is 0 Å². The quantitative estimate of drug-likeness (QED) is 0.755. The van der Waals surface area contributed by atoms with Gasteiger partial charge in [-0.1, -0.05) is 20.3 Å². The Hall–Kier alpha value is -1.19. The van der Waals surface area contributed by atoms with Gasteiger partial charge in [0.1, 0.15) is 5.60 Å². The molecule has 2 atom stereocenters. The second kappa shape index (κ2) is 7.20. The van der Waals surface area contributed by atoms with Crippen molar-refractivity contribution in [1.82, 2.24) is 5.32 Å². The average molecular weight is 243 g/mol. The predicted octanol–water partition coefficient (Wildman–Crippen LogP) is 3.09. The molecule has 4 nitrogen and oxygen atoms in total. The van der Waals surface area contributed by atoms with Gasteiger partial charge < -0.3 is 14.8 Å². The van der Waals surface area contributed by atoms with Gasteiger partial charge in [-0.15, -0.1) is 0 Å². The highest BCUT2D eigenvalue weighted by Gasteiger charge is 2.20. The van der Waals surface area contributed by atoms with E-state index in [4.69, 9.17) is 9.47 Å². The maximum absolute atomic E-state index is 11.6. The predicted molar refractivity (Wildman–Crippen MR) is 68.8 cm³/mol. The molecule has 0 aromatic heterocycles. The number of amides is 1. The summed E-state index contributed by atoms with van der Waals surface area (Å²) in [6, 6.07) is -0.0743. The van der Waals surface area contributed by atoms with Gasteiger partial charge in [-0.25, -0.2) is 4.79 Å². The van der Waals surface area contributed by atoms with Crippen LogP contribution >= 0.6 is 0 Å². The van der Waals surface area contributed by atoms with Crippen molar-refractivity contribution in [1.29, 1.82) is 0 Å². The van der Waals surface area contributed by atoms with Crippen molar-refractivity contribution in [2.24, 2.45) is 5.92 Å². The summed E-state index contributed by atoms with van der Waals surface area (Å²) >= 11 is 0. The maximum atomic E-state index is 11.6. The molecule has 0 heterocycles. The number of rotatable bonds is 5. The van der Waals surface area contributed by atoms with E-state index in [2.05, 4.69) is 19.2 Å². The Kier molecular flexibility index (Phi) is 6.69. The molecule has 0 saturated carbocycles. The highest BCUT2D eigenvalue weighted by atomic mass is 16.6. The minimum absolute atomic E-state index is 0.0743. The Balaban J connectivity index is 4.43. The lowest BCUT2D eigenvalue weighted by Gasteiger charge is -2.24. The fourth-order valence-electron chi connectivity index (χ4n) is 1.24. The zero-order valence-electron chi connectivity index (χ0n) is 11.7. The molecule has 17 heavy (non-hydrogen) atoms. The van der Waals surface area contributed by atoms with Crippen LogP contribution in [-0.4, -0.2) is 24.8 Å². The second-order valence-corrected chi connectivity index (χ2v) is 5.12. The molecule has 0 aromatic carbocycles. The van der Waals surface area contributed by atoms with E-state index in [9.17, 15) is 4.79 Å². The number of nitrogens with one attached hydrogen (secondary N) is 1. The third-order valence-corrected chi connectivity index (χ3v) is 2.36. The maximum Gasteiger partial charge on any atom is 0.408 e. The first-order valence-electron chi connectivity index (χ1n) is 5.99. The normalized spacial score (nSPS) is 15.4. The van der Waals surface area contributed by atoms with Gasteiger partial charge in [0.15, 0.2) is 0 Å². The smallest absolute Gasteiger partial charge is 0.408 e. The molecule has 1 amide bonds. The number of ether oxygens (including phenoxy) is 2. The lowest BCUT2D eigenvalue weighted by Crippen LogP contribution is -2.41. The van der Waals surface area contributed by atoms with Crippen LogP contribution < -0.4 is 5.32 Å². The third kappa shape index (κ3) is 7.66. The zero-order valence-corrected chi connectivity index (χ0v) is 11.7. The number of methoxy groups -OCH3 is 1. The number of hydrogen-bond donors (Lipinski definition) is 1. The Morgan fingerprint density at radius 1 is 1.41 bits per heavy atom. The van der Waals surface area contributed by atoms with E-state index in [0.29, 0.717) is 5.92 Å². The highest BCUT2D eigenvalue weighted by molar-refractivity contribution is 5.68. The molecule has 0 unspecified atom stereocenters. The minimum Gasteiger partial charge on any atom is -0.505 e. The molecule has 0 aliphatic carbocycles. The van der Waals surface area contributed by atoms with Crippen LogP contribution in [0.15, 0.2) is 12.3 Å². The van der Waals surface area contributed by atoms with Crippen LogP contribution in [0.1, 0.15) is 41.0 Å². The molecule has 0 rings (SSSR count). The number of carbonyl (C=O) groups is 1. The molecule has 1 N–H and O–H groups in total. The summed E-state index contributed by atoms with van der Waals surface area (Å²) in [5, 5.41) is 2.83. The summed E-state index contributed by atoms with van der Waals surface area (Å²) in [5.41, 5.74) is -0.477. The fraction of sp³-hybridized carbons (Fsp3) is 0.769. The zero-order chi connectivity index (χ0) is 13.5. The summed E-state index contributed by atoms with van der Waals surface area (Å²) in [6.07, 6.45) is 3.98. The average Bonchev–Trinajstić information content (AvgIpc) is 2.20. The van der Waals surface area contributed by atoms with Crippen molar-refractivity contribution in [2.75, 3.05) is 7.11 Å². The molecule has 0 radical (unpaired) electrons. The molecule has 0 aliphatic rings. The number of alkyl carbamates (subject to hydrolysis) is 1. The SMILES string of the molecule is CC[C@H](C)[C@@H](/C=C/OC)NC(=O)OC(C)(C)C. The van der Waals surface area contributed by atoms with E-state index in [0.717, 1.165) is 6.42 Å². The van der Waals surface area contributed by atoms with Crippen LogP contribution in [-0.2, 0) is 9.47 Å². The standard InChI is InChI=1S/C13H25NO3/c1-7-10(2)11(8-9-16-6)14-12(15)17-13(3,4)5/h8-11H,7H2,1-6H3,(H,14,15)/b9-8+/t10-,11+/m0/s1. The van der Waals surface area contributed by atoms with Gasteiger partial charge in [0.2, 0.25) is 0 Å². The van der Waals surface area contributed by atoms with Gasteiger partial charge >= 0.3 is 6.09 Å². The summed E-state index contributed by atoms with van der Waals surface area (Å²) in [5.74, 6) is 0.328. The summed E-state index contributed by atoms with van der Waals surface area (Å²) in [4.78, 5) is 11.6. The van der Waals surface area contributed by atoms with E-state index in [-0.39, 0.29) is 6.04 Å². The monoisotopic (exact) mass is 243 g/mol. The Bertz CT molecular complexity index is 256. The van der Waals surface area contributed by atoms with Crippen LogP contribution in [0, 0.1) is 5.92 Å². The first-order valence-corrected chi connectivity index (χ1v) is 5.99. The summed E-state index contributed by atoms with van der Waals surface area (Å²) < 4.78 is 10.1. The molecule has 0 bridgehead atoms. The molecular weight excluding hydrogens is 218 g/mol. The van der Waals surface area contributed by atoms with Crippen molar-refractivity contribution < 1.29 is 14.3 Å². The van der Waals surface area contributed by atoms with Crippen molar-refractivity contribution in [3.05, 3.63) is 12.3 Å². The first kappa shape index (κ1) is 15.8. The minimum atomic E-state index is -0.477. The molecule has 0 fully saturated rings. The Morgan fingerprint density at radius 2 is 2.00 bits per heavy atom. The first-order chi connectivity index (χ1) is 7.80. The third-order valence-electron chi connectivity index (χ3n) is 2.36. The largest absolute Gasteiger partial charge is 0.505 e. The lowest BCUT2D eigenvalue weighted by molar-refractivity contribution is 0.0501. The molecule has 4 heteroatoms. The van der Waals surface area contributed by atoms with Gasteiger partial charge in [-0.2, -0.15) is 0 Å². The number of hydrogen-bond acceptors (Lipinski definition) is 3. The van der Waals surface area contributed by atoms with Crippen LogP contribution in [0.2, 0.25) is 0 Å². The van der Waals surface area contributed by atoms with Crippen molar-refractivity contribution >= 4 is 6.09 Å². The van der Waals surface area contributed by atoms with E-state index in [1.54, 1.807) is 13.4 Å². The summed E-state index contributed by atoms with van der Waals surface area (Å²) in [7, 11) is 1.58. The van der Waals surface area contributed by atoms with E-state index < -0.39 is 11.7 Å². The topological polar surface area (TPSA) is 47.6 Å². The molecule has 0 aromatic rings. The Morgan fingerprint density at radius 3 is 2.41 bits per heavy atom. The fourth-order valence-corrected chi connectivity index (χ4v) is 1.24. The molecule has 100 valence electrons. The van der Waals surface area contributed by atoms with Crippen molar-refractivity contribution in [2.45, 2.75) is 52.7 Å². The summed E-state index contributed by atoms with van der Waals surface area (Å²) in [6.45, 7) is 9.68. The van der Waals surface area contributed by atoms with Gasteiger partial charge in [0, 0.05) is 0 Å². The molecule has 0 aliphatic heterocycles. The lowest BCUT2D eigenvalue weighted by atomic mass is 9.99. The van der Waals surface area contributed by atoms with Crippen LogP contribution in [0.4, 0.5) is 4.79 Å². The van der Waals surface area contributed by atoms with E-state index in [1.807, 2.05) is 26.8 Å². The molecule has 0 saturated heterocycles.